The molecule has 0 atom stereocenters. The molecular formula is C30H49N3O. The Hall–Kier alpha value is -2.10. The molecular weight excluding hydrogens is 418 g/mol. The van der Waals surface area contributed by atoms with Gasteiger partial charge in [0.1, 0.15) is 5.82 Å². The van der Waals surface area contributed by atoms with Crippen molar-refractivity contribution < 1.29 is 4.79 Å². The van der Waals surface area contributed by atoms with Crippen molar-refractivity contribution in [2.75, 3.05) is 6.54 Å². The van der Waals surface area contributed by atoms with Gasteiger partial charge in [-0.2, -0.15) is 0 Å². The van der Waals surface area contributed by atoms with E-state index in [-0.39, 0.29) is 5.91 Å². The van der Waals surface area contributed by atoms with Gasteiger partial charge in [0.2, 0.25) is 5.91 Å². The zero-order valence-electron chi connectivity index (χ0n) is 22.0. The fourth-order valence-electron chi connectivity index (χ4n) is 4.63. The van der Waals surface area contributed by atoms with Crippen LogP contribution < -0.4 is 5.32 Å². The number of rotatable bonds is 20. The molecule has 0 saturated carbocycles. The molecule has 0 fully saturated rings. The van der Waals surface area contributed by atoms with E-state index in [0.29, 0.717) is 12.1 Å². The quantitative estimate of drug-likeness (QED) is 0.158. The van der Waals surface area contributed by atoms with Crippen LogP contribution in [-0.2, 0) is 17.8 Å². The Bertz CT molecular complexity index is 839. The molecule has 0 aliphatic rings. The number of para-hydroxylation sites is 2. The van der Waals surface area contributed by atoms with E-state index < -0.39 is 0 Å². The molecule has 0 saturated heterocycles. The zero-order valence-corrected chi connectivity index (χ0v) is 22.0. The Morgan fingerprint density at radius 2 is 1.41 bits per heavy atom. The third kappa shape index (κ3) is 10.9. The van der Waals surface area contributed by atoms with Crippen molar-refractivity contribution in [1.29, 1.82) is 0 Å². The predicted octanol–water partition coefficient (Wildman–Crippen LogP) is 8.14. The number of nitrogens with one attached hydrogen (secondary N) is 1. The van der Waals surface area contributed by atoms with Crippen molar-refractivity contribution in [3.05, 3.63) is 42.2 Å². The minimum Gasteiger partial charge on any atom is -0.352 e. The normalized spacial score (nSPS) is 11.2. The zero-order chi connectivity index (χ0) is 24.4. The second-order valence-corrected chi connectivity index (χ2v) is 9.90. The Morgan fingerprint density at radius 1 is 0.853 bits per heavy atom. The van der Waals surface area contributed by atoms with E-state index in [1.165, 1.54) is 95.4 Å². The van der Waals surface area contributed by atoms with Crippen LogP contribution in [0.1, 0.15) is 116 Å². The van der Waals surface area contributed by atoms with Gasteiger partial charge < -0.3 is 9.88 Å². The average Bonchev–Trinajstić information content (AvgIpc) is 3.19. The number of carbonyl (C=O) groups is 1. The van der Waals surface area contributed by atoms with Gasteiger partial charge in [-0.3, -0.25) is 4.79 Å². The largest absolute Gasteiger partial charge is 0.352 e. The fourth-order valence-corrected chi connectivity index (χ4v) is 4.63. The van der Waals surface area contributed by atoms with Crippen LogP contribution in [0.2, 0.25) is 0 Å². The number of fused-ring (bicyclic) bond motifs is 1. The number of imidazole rings is 1. The topological polar surface area (TPSA) is 46.9 Å². The molecule has 0 bridgehead atoms. The van der Waals surface area contributed by atoms with Crippen molar-refractivity contribution in [1.82, 2.24) is 14.9 Å². The van der Waals surface area contributed by atoms with Crippen molar-refractivity contribution in [2.45, 2.75) is 123 Å². The van der Waals surface area contributed by atoms with Crippen molar-refractivity contribution >= 4 is 16.9 Å². The molecule has 0 unspecified atom stereocenters. The van der Waals surface area contributed by atoms with Gasteiger partial charge in [-0.05, 0) is 31.9 Å². The molecule has 2 aromatic rings. The first-order valence-corrected chi connectivity index (χ1v) is 14.0. The first-order valence-electron chi connectivity index (χ1n) is 14.0. The molecule has 2 rings (SSSR count). The minimum absolute atomic E-state index is 0.0593. The maximum absolute atomic E-state index is 11.7. The lowest BCUT2D eigenvalue weighted by atomic mass is 10.0. The van der Waals surface area contributed by atoms with Gasteiger partial charge in [-0.25, -0.2) is 4.98 Å². The Morgan fingerprint density at radius 3 is 2.00 bits per heavy atom. The molecule has 4 heteroatoms. The second-order valence-electron chi connectivity index (χ2n) is 9.90. The van der Waals surface area contributed by atoms with E-state index in [2.05, 4.69) is 47.7 Å². The summed E-state index contributed by atoms with van der Waals surface area (Å²) in [5.74, 6) is 1.08. The van der Waals surface area contributed by atoms with Crippen molar-refractivity contribution in [3.8, 4) is 0 Å². The molecule has 34 heavy (non-hydrogen) atoms. The van der Waals surface area contributed by atoms with E-state index in [0.717, 1.165) is 30.7 Å². The lowest BCUT2D eigenvalue weighted by Crippen LogP contribution is -2.25. The maximum Gasteiger partial charge on any atom is 0.246 e. The first kappa shape index (κ1) is 28.1. The molecule has 1 aromatic carbocycles. The van der Waals surface area contributed by atoms with Gasteiger partial charge in [0, 0.05) is 25.1 Å². The van der Waals surface area contributed by atoms with Crippen LogP contribution in [0.3, 0.4) is 0 Å². The predicted molar refractivity (Wildman–Crippen MR) is 146 cm³/mol. The lowest BCUT2D eigenvalue weighted by Gasteiger charge is -2.10. The molecule has 1 aromatic heterocycles. The first-order chi connectivity index (χ1) is 16.6. The number of hydrogen-bond donors (Lipinski definition) is 1. The van der Waals surface area contributed by atoms with Gasteiger partial charge in [-0.15, -0.1) is 0 Å². The standard InChI is InChI=1S/C30H49N3O/c1-4-5-6-7-8-9-10-11-12-13-14-15-16-19-25-33-28-22-18-17-21-27(28)32-29(33)23-20-24-31-30(34)26(2)3/h17-18,21-22H,2,4-16,19-20,23-25H2,1,3H3,(H,31,34). The Labute approximate surface area is 208 Å². The Balaban J connectivity index is 1.61. The molecule has 1 heterocycles. The lowest BCUT2D eigenvalue weighted by molar-refractivity contribution is -0.117. The van der Waals surface area contributed by atoms with Crippen LogP contribution >= 0.6 is 0 Å². The molecule has 0 aliphatic heterocycles. The van der Waals surface area contributed by atoms with E-state index in [1.54, 1.807) is 6.92 Å². The summed E-state index contributed by atoms with van der Waals surface area (Å²) < 4.78 is 2.40. The number of unbranched alkanes of at least 4 members (excludes halogenated alkanes) is 13. The summed E-state index contributed by atoms with van der Waals surface area (Å²) in [6.07, 6.45) is 21.1. The summed E-state index contributed by atoms with van der Waals surface area (Å²) in [5, 5.41) is 2.93. The summed E-state index contributed by atoms with van der Waals surface area (Å²) in [5.41, 5.74) is 2.87. The summed E-state index contributed by atoms with van der Waals surface area (Å²) in [4.78, 5) is 16.6. The van der Waals surface area contributed by atoms with E-state index in [1.807, 2.05) is 0 Å². The molecule has 0 aliphatic carbocycles. The summed E-state index contributed by atoms with van der Waals surface area (Å²) >= 11 is 0. The number of aromatic nitrogens is 2. The van der Waals surface area contributed by atoms with E-state index in [4.69, 9.17) is 4.98 Å². The summed E-state index contributed by atoms with van der Waals surface area (Å²) in [6, 6.07) is 8.44. The SMILES string of the molecule is C=C(C)C(=O)NCCCc1nc2ccccc2n1CCCCCCCCCCCCCCCC. The molecule has 0 radical (unpaired) electrons. The van der Waals surface area contributed by atoms with E-state index >= 15 is 0 Å². The third-order valence-corrected chi connectivity index (χ3v) is 6.72. The smallest absolute Gasteiger partial charge is 0.246 e. The summed E-state index contributed by atoms with van der Waals surface area (Å²) in [6.45, 7) is 9.42. The van der Waals surface area contributed by atoms with Crippen LogP contribution in [0.15, 0.2) is 36.4 Å². The maximum atomic E-state index is 11.7. The van der Waals surface area contributed by atoms with Crippen molar-refractivity contribution in [2.24, 2.45) is 0 Å². The number of benzene rings is 1. The van der Waals surface area contributed by atoms with Crippen LogP contribution in [0, 0.1) is 0 Å². The van der Waals surface area contributed by atoms with Gasteiger partial charge >= 0.3 is 0 Å². The summed E-state index contributed by atoms with van der Waals surface area (Å²) in [7, 11) is 0. The number of carbonyl (C=O) groups excluding carboxylic acids is 1. The van der Waals surface area contributed by atoms with Crippen LogP contribution in [0.5, 0.6) is 0 Å². The molecule has 0 spiro atoms. The van der Waals surface area contributed by atoms with Gasteiger partial charge in [0.25, 0.3) is 0 Å². The van der Waals surface area contributed by atoms with Gasteiger partial charge in [0.15, 0.2) is 0 Å². The highest BCUT2D eigenvalue weighted by molar-refractivity contribution is 5.92. The number of hydrogen-bond acceptors (Lipinski definition) is 2. The Kier molecular flexibility index (Phi) is 14.4. The fraction of sp³-hybridized carbons (Fsp3) is 0.667. The highest BCUT2D eigenvalue weighted by Crippen LogP contribution is 2.19. The second kappa shape index (κ2) is 17.4. The van der Waals surface area contributed by atoms with E-state index in [9.17, 15) is 4.79 Å². The number of amides is 1. The third-order valence-electron chi connectivity index (χ3n) is 6.72. The van der Waals surface area contributed by atoms with Crippen LogP contribution in [0.4, 0.5) is 0 Å². The highest BCUT2D eigenvalue weighted by atomic mass is 16.1. The minimum atomic E-state index is -0.0593. The molecule has 190 valence electrons. The van der Waals surface area contributed by atoms with Gasteiger partial charge in [0.05, 0.1) is 11.0 Å². The molecule has 1 amide bonds. The van der Waals surface area contributed by atoms with Crippen LogP contribution in [0.25, 0.3) is 11.0 Å². The number of aryl methyl sites for hydroxylation is 2. The van der Waals surface area contributed by atoms with Gasteiger partial charge in [-0.1, -0.05) is 109 Å². The number of nitrogens with zero attached hydrogens (tertiary/aromatic N) is 2. The molecule has 4 nitrogen and oxygen atoms in total. The van der Waals surface area contributed by atoms with Crippen LogP contribution in [-0.4, -0.2) is 22.0 Å². The monoisotopic (exact) mass is 467 g/mol. The van der Waals surface area contributed by atoms with Crippen molar-refractivity contribution in [3.63, 3.8) is 0 Å². The highest BCUT2D eigenvalue weighted by Gasteiger charge is 2.10. The average molecular weight is 468 g/mol. The molecule has 1 N–H and O–H groups in total.